The summed E-state index contributed by atoms with van der Waals surface area (Å²) in [5, 5.41) is 26.1. The van der Waals surface area contributed by atoms with Crippen LogP contribution in [-0.2, 0) is 11.3 Å². The highest BCUT2D eigenvalue weighted by atomic mass is 19.1. The van der Waals surface area contributed by atoms with Gasteiger partial charge in [0.15, 0.2) is 5.65 Å². The standard InChI is InChI=1S/C30H29FN8O4/c1-30(2,36-29(41)42)14-18(15-32)28(40)38-12-6-7-19(38)16-39-27-24(26(33)34-17-35-27)25(37-39)22-11-10-21(13-23(22)31)43-20-8-4-3-5-9-20/h3-5,8-11,13-14,17,19,36H,6-7,12,16H2,1-2H3,(H,41,42)(H2,33,34,35). The molecule has 1 unspecified atom stereocenters. The summed E-state index contributed by atoms with van der Waals surface area (Å²) < 4.78 is 22.8. The monoisotopic (exact) mass is 584 g/mol. The Bertz CT molecular complexity index is 1760. The molecule has 2 amide bonds. The molecular weight excluding hydrogens is 555 g/mol. The fourth-order valence-corrected chi connectivity index (χ4v) is 5.18. The minimum absolute atomic E-state index is 0.123. The van der Waals surface area contributed by atoms with E-state index < -0.39 is 23.4 Å². The number of amides is 2. The molecule has 43 heavy (non-hydrogen) atoms. The van der Waals surface area contributed by atoms with Gasteiger partial charge in [0.25, 0.3) is 5.91 Å². The summed E-state index contributed by atoms with van der Waals surface area (Å²) >= 11 is 0. The quantitative estimate of drug-likeness (QED) is 0.199. The number of carbonyl (C=O) groups is 2. The molecule has 1 saturated heterocycles. The maximum Gasteiger partial charge on any atom is 0.405 e. The molecule has 12 nitrogen and oxygen atoms in total. The third kappa shape index (κ3) is 6.23. The van der Waals surface area contributed by atoms with Crippen molar-refractivity contribution >= 4 is 28.9 Å². The number of hydrogen-bond donors (Lipinski definition) is 3. The van der Waals surface area contributed by atoms with E-state index in [-0.39, 0.29) is 35.2 Å². The Balaban J connectivity index is 1.45. The number of nitrogen functional groups attached to an aromatic ring is 1. The third-order valence-corrected chi connectivity index (χ3v) is 7.04. The molecule has 5 rings (SSSR count). The molecule has 3 heterocycles. The number of para-hydroxylation sites is 1. The molecule has 13 heteroatoms. The molecule has 1 aliphatic rings. The summed E-state index contributed by atoms with van der Waals surface area (Å²) in [6.07, 6.45) is 2.63. The van der Waals surface area contributed by atoms with Crippen LogP contribution in [0.5, 0.6) is 11.5 Å². The lowest BCUT2D eigenvalue weighted by Crippen LogP contribution is -2.43. The zero-order valence-corrected chi connectivity index (χ0v) is 23.5. The van der Waals surface area contributed by atoms with E-state index >= 15 is 4.39 Å². The molecular formula is C30H29FN8O4. The molecule has 1 atom stereocenters. The van der Waals surface area contributed by atoms with E-state index in [1.165, 1.54) is 18.5 Å². The Hall–Kier alpha value is -5.51. The van der Waals surface area contributed by atoms with Crippen LogP contribution in [-0.4, -0.2) is 59.9 Å². The Kier molecular flexibility index (Phi) is 7.94. The largest absolute Gasteiger partial charge is 0.465 e. The Morgan fingerprint density at radius 1 is 1.23 bits per heavy atom. The van der Waals surface area contributed by atoms with E-state index in [1.54, 1.807) is 47.7 Å². The summed E-state index contributed by atoms with van der Waals surface area (Å²) in [6.45, 7) is 3.70. The van der Waals surface area contributed by atoms with Gasteiger partial charge in [-0.05, 0) is 57.0 Å². The summed E-state index contributed by atoms with van der Waals surface area (Å²) in [7, 11) is 0. The Morgan fingerprint density at radius 2 is 2.00 bits per heavy atom. The molecule has 0 radical (unpaired) electrons. The molecule has 0 aliphatic carbocycles. The minimum atomic E-state index is -1.28. The van der Waals surface area contributed by atoms with Crippen LogP contribution in [0.4, 0.5) is 15.0 Å². The number of anilines is 1. The van der Waals surface area contributed by atoms with E-state index in [4.69, 9.17) is 15.6 Å². The molecule has 220 valence electrons. The van der Waals surface area contributed by atoms with E-state index in [9.17, 15) is 14.9 Å². The fraction of sp³-hybridized carbons (Fsp3) is 0.267. The van der Waals surface area contributed by atoms with Crippen molar-refractivity contribution in [1.29, 1.82) is 5.26 Å². The molecule has 0 bridgehead atoms. The SMILES string of the molecule is CC(C)(C=C(C#N)C(=O)N1CCCC1Cn1nc(-c2ccc(Oc3ccccc3)cc2F)c2c(N)ncnc21)NC(=O)O. The lowest BCUT2D eigenvalue weighted by atomic mass is 10.0. The van der Waals surface area contributed by atoms with Crippen LogP contribution >= 0.6 is 0 Å². The number of carbonyl (C=O) groups excluding carboxylic acids is 1. The van der Waals surface area contributed by atoms with Gasteiger partial charge in [-0.15, -0.1) is 0 Å². The summed E-state index contributed by atoms with van der Waals surface area (Å²) in [5.74, 6) is -0.103. The van der Waals surface area contributed by atoms with Crippen molar-refractivity contribution in [2.75, 3.05) is 12.3 Å². The lowest BCUT2D eigenvalue weighted by Gasteiger charge is -2.26. The zero-order chi connectivity index (χ0) is 30.7. The number of hydrogen-bond acceptors (Lipinski definition) is 8. The minimum Gasteiger partial charge on any atom is -0.465 e. The van der Waals surface area contributed by atoms with Crippen LogP contribution in [0.1, 0.15) is 26.7 Å². The first kappa shape index (κ1) is 29.0. The first-order valence-corrected chi connectivity index (χ1v) is 13.5. The molecule has 2 aromatic heterocycles. The van der Waals surface area contributed by atoms with E-state index in [2.05, 4.69) is 20.4 Å². The summed E-state index contributed by atoms with van der Waals surface area (Å²) in [6, 6.07) is 15.0. The van der Waals surface area contributed by atoms with Crippen molar-refractivity contribution in [3.63, 3.8) is 0 Å². The number of likely N-dealkylation sites (tertiary alicyclic amines) is 1. The van der Waals surface area contributed by atoms with E-state index in [0.717, 1.165) is 0 Å². The average Bonchev–Trinajstić information content (AvgIpc) is 3.57. The molecule has 1 fully saturated rings. The number of nitrogens with two attached hydrogens (primary N) is 1. The number of nitrogens with one attached hydrogen (secondary N) is 1. The highest BCUT2D eigenvalue weighted by molar-refractivity contribution is 5.99. The highest BCUT2D eigenvalue weighted by Gasteiger charge is 2.33. The number of halogens is 1. The van der Waals surface area contributed by atoms with Gasteiger partial charge in [-0.3, -0.25) is 4.79 Å². The van der Waals surface area contributed by atoms with Gasteiger partial charge in [0, 0.05) is 18.2 Å². The van der Waals surface area contributed by atoms with Gasteiger partial charge in [0.2, 0.25) is 0 Å². The number of nitrogens with zero attached hydrogens (tertiary/aromatic N) is 6. The van der Waals surface area contributed by atoms with Crippen molar-refractivity contribution in [1.82, 2.24) is 30.0 Å². The highest BCUT2D eigenvalue weighted by Crippen LogP contribution is 2.35. The molecule has 0 spiro atoms. The number of aromatic nitrogens is 4. The van der Waals surface area contributed by atoms with Crippen LogP contribution < -0.4 is 15.8 Å². The van der Waals surface area contributed by atoms with Crippen LogP contribution in [0.3, 0.4) is 0 Å². The average molecular weight is 585 g/mol. The van der Waals surface area contributed by atoms with Crippen LogP contribution in [0.15, 0.2) is 66.5 Å². The maximum absolute atomic E-state index is 15.5. The summed E-state index contributed by atoms with van der Waals surface area (Å²) in [5.41, 5.74) is 5.68. The molecule has 4 aromatic rings. The predicted molar refractivity (Wildman–Crippen MR) is 155 cm³/mol. The molecule has 2 aromatic carbocycles. The number of nitriles is 1. The second-order valence-electron chi connectivity index (χ2n) is 10.7. The zero-order valence-electron chi connectivity index (χ0n) is 23.5. The van der Waals surface area contributed by atoms with Gasteiger partial charge >= 0.3 is 6.09 Å². The molecule has 0 saturated carbocycles. The van der Waals surface area contributed by atoms with E-state index in [1.807, 2.05) is 24.3 Å². The Labute approximate surface area is 246 Å². The van der Waals surface area contributed by atoms with Gasteiger partial charge < -0.3 is 25.8 Å². The first-order chi connectivity index (χ1) is 20.6. The third-order valence-electron chi connectivity index (χ3n) is 7.04. The molecule has 4 N–H and O–H groups in total. The first-order valence-electron chi connectivity index (χ1n) is 13.5. The second-order valence-corrected chi connectivity index (χ2v) is 10.7. The van der Waals surface area contributed by atoms with Gasteiger partial charge in [-0.25, -0.2) is 23.8 Å². The number of ether oxygens (including phenoxy) is 1. The van der Waals surface area contributed by atoms with Crippen molar-refractivity contribution in [3.05, 3.63) is 72.3 Å². The van der Waals surface area contributed by atoms with Gasteiger partial charge in [-0.1, -0.05) is 18.2 Å². The van der Waals surface area contributed by atoms with Crippen LogP contribution in [0, 0.1) is 17.1 Å². The van der Waals surface area contributed by atoms with Gasteiger partial charge in [0.1, 0.15) is 46.8 Å². The van der Waals surface area contributed by atoms with Gasteiger partial charge in [-0.2, -0.15) is 10.4 Å². The van der Waals surface area contributed by atoms with Crippen molar-refractivity contribution in [2.45, 2.75) is 44.8 Å². The van der Waals surface area contributed by atoms with Crippen molar-refractivity contribution < 1.29 is 23.8 Å². The number of fused-ring (bicyclic) bond motifs is 1. The Morgan fingerprint density at radius 3 is 2.70 bits per heavy atom. The smallest absolute Gasteiger partial charge is 0.405 e. The topological polar surface area (TPSA) is 172 Å². The van der Waals surface area contributed by atoms with Gasteiger partial charge in [0.05, 0.1) is 23.5 Å². The van der Waals surface area contributed by atoms with Crippen LogP contribution in [0.25, 0.3) is 22.3 Å². The molecule has 1 aliphatic heterocycles. The normalized spacial score (nSPS) is 15.3. The van der Waals surface area contributed by atoms with Crippen LogP contribution in [0.2, 0.25) is 0 Å². The number of benzene rings is 2. The second kappa shape index (κ2) is 11.8. The number of rotatable bonds is 8. The maximum atomic E-state index is 15.5. The number of carboxylic acid groups (broad SMARTS) is 1. The summed E-state index contributed by atoms with van der Waals surface area (Å²) in [4.78, 5) is 34.6. The van der Waals surface area contributed by atoms with Crippen molar-refractivity contribution in [3.8, 4) is 28.8 Å². The fourth-order valence-electron chi connectivity index (χ4n) is 5.18. The van der Waals surface area contributed by atoms with E-state index in [0.29, 0.717) is 41.9 Å². The van der Waals surface area contributed by atoms with Crippen molar-refractivity contribution in [2.24, 2.45) is 0 Å². The lowest BCUT2D eigenvalue weighted by molar-refractivity contribution is -0.127. The predicted octanol–water partition coefficient (Wildman–Crippen LogP) is 4.49.